The summed E-state index contributed by atoms with van der Waals surface area (Å²) in [5.41, 5.74) is 23.0. The molecule has 0 unspecified atom stereocenters. The van der Waals surface area contributed by atoms with Gasteiger partial charge in [0.2, 0.25) is 35.5 Å². The van der Waals surface area contributed by atoms with E-state index in [1.54, 1.807) is 168 Å². The highest BCUT2D eigenvalue weighted by Gasteiger charge is 2.21. The van der Waals surface area contributed by atoms with Crippen LogP contribution in [0.25, 0.3) is 44.5 Å². The molecule has 0 aliphatic heterocycles. The SMILES string of the molecule is CCC(=O)N(C)c1ccc(-c2ccc(C(=O)CCc3ccc(C)nc3C)nc2)cc1Cl.CCC(=O)N(C)c1ccc(-c2ccc(C(=O)CCc3ccc(F)nc3C)nc2)cc1Cl.CCC(=O)N(C)c1ccc(-c2ccc(C(=O)CCc3ccc(N)nc3)nc2)cc1Cl.CCC(=O)N(C)c1ccc(-c2ccc(C(=O)CCc3ccc(OC)nc3)nc2)cc1Cl. The number of nitrogens with zero attached hydrogens (tertiary/aromatic N) is 12. The predicted molar refractivity (Wildman–Crippen MR) is 486 cm³/mol. The number of Topliss-reactive ketones (excluding diaryl/α,β-unsaturated/α-hetero) is 4. The Morgan fingerprint density at radius 2 is 0.650 bits per heavy atom. The summed E-state index contributed by atoms with van der Waals surface area (Å²) in [6.45, 7) is 12.9. The monoisotopic (exact) mass is 1730 g/mol. The Kier molecular flexibility index (Phi) is 34.7. The van der Waals surface area contributed by atoms with Gasteiger partial charge >= 0.3 is 0 Å². The number of benzene rings is 4. The number of ether oxygens (including phenoxy) is 1. The van der Waals surface area contributed by atoms with Crippen molar-refractivity contribution in [3.63, 3.8) is 0 Å². The Morgan fingerprint density at radius 1 is 0.350 bits per heavy atom. The first-order chi connectivity index (χ1) is 58.9. The van der Waals surface area contributed by atoms with Gasteiger partial charge in [-0.25, -0.2) is 15.0 Å². The largest absolute Gasteiger partial charge is 0.481 e. The third kappa shape index (κ3) is 26.2. The van der Waals surface area contributed by atoms with Crippen LogP contribution in [0, 0.1) is 26.7 Å². The van der Waals surface area contributed by atoms with Crippen LogP contribution >= 0.6 is 46.4 Å². The Balaban J connectivity index is 0.000000186. The van der Waals surface area contributed by atoms with E-state index < -0.39 is 5.95 Å². The molecule has 0 spiro atoms. The first kappa shape index (κ1) is 94.2. The van der Waals surface area contributed by atoms with Gasteiger partial charge in [0.25, 0.3) is 0 Å². The van der Waals surface area contributed by atoms with Crippen LogP contribution in [0.5, 0.6) is 5.88 Å². The second-order valence-electron chi connectivity index (χ2n) is 28.7. The molecule has 22 nitrogen and oxygen atoms in total. The van der Waals surface area contributed by atoms with Gasteiger partial charge in [0, 0.05) is 162 Å². The van der Waals surface area contributed by atoms with E-state index in [0.717, 1.165) is 78.1 Å². The minimum atomic E-state index is -0.526. The third-order valence-corrected chi connectivity index (χ3v) is 21.6. The van der Waals surface area contributed by atoms with Crippen molar-refractivity contribution in [2.24, 2.45) is 0 Å². The number of aryl methyl sites for hydroxylation is 7. The zero-order valence-corrected chi connectivity index (χ0v) is 73.6. The summed E-state index contributed by atoms with van der Waals surface area (Å²) in [4.78, 5) is 138. The lowest BCUT2D eigenvalue weighted by Crippen LogP contribution is -2.25. The molecule has 27 heteroatoms. The molecule has 12 rings (SSSR count). The molecular formula is C96H96Cl4FN13O9. The number of ketones is 4. The van der Waals surface area contributed by atoms with Gasteiger partial charge in [-0.15, -0.1) is 0 Å². The van der Waals surface area contributed by atoms with E-state index in [9.17, 15) is 42.7 Å². The molecule has 0 fully saturated rings. The fourth-order valence-corrected chi connectivity index (χ4v) is 14.1. The Bertz CT molecular complexity index is 5570. The third-order valence-electron chi connectivity index (χ3n) is 20.3. The van der Waals surface area contributed by atoms with Crippen molar-refractivity contribution in [3.05, 3.63) is 295 Å². The van der Waals surface area contributed by atoms with Gasteiger partial charge in [0.1, 0.15) is 28.6 Å². The molecule has 0 bridgehead atoms. The molecule has 0 saturated heterocycles. The average molecular weight is 1740 g/mol. The van der Waals surface area contributed by atoms with Crippen molar-refractivity contribution in [3.8, 4) is 50.4 Å². The van der Waals surface area contributed by atoms with Crippen molar-refractivity contribution in [1.82, 2.24) is 39.9 Å². The lowest BCUT2D eigenvalue weighted by Gasteiger charge is -2.18. The molecule has 0 aliphatic rings. The number of methoxy groups -OCH3 is 1. The molecule has 0 aliphatic carbocycles. The molecule has 0 atom stereocenters. The first-order valence-corrected chi connectivity index (χ1v) is 41.4. The van der Waals surface area contributed by atoms with Crippen LogP contribution in [-0.2, 0) is 44.9 Å². The number of pyridine rings is 8. The topological polar surface area (TPSA) is 288 Å². The quantitative estimate of drug-likeness (QED) is 0.0336. The summed E-state index contributed by atoms with van der Waals surface area (Å²) in [5, 5.41) is 1.92. The highest BCUT2D eigenvalue weighted by atomic mass is 35.5. The second-order valence-corrected chi connectivity index (χ2v) is 30.3. The maximum Gasteiger partial charge on any atom is 0.226 e. The standard InChI is InChI=1S/C25H26ClN3O2.C24H23ClFN3O2.C24H24ClN3O3.C23H23ClN4O2/c1-5-25(31)29(4)23-12-9-19(14-21(23)26)20-8-11-22(27-15-20)24(30)13-10-18-7-6-16(2)28-17(18)3;1-4-24(31)29(3)21-10-6-17(13-19(21)25)18-5-9-20(27-14-18)22(30)11-7-16-8-12-23(26)28-15(16)2;1-4-24(30)28(2)21-10-8-17(13-19(21)25)18-7-9-20(26-15-18)22(29)11-5-16-6-12-23(31-3)27-14-16;1-3-23(30)28(2)20-9-7-16(12-18(20)24)17-6-8-19(26-14-17)21(29)10-4-15-5-11-22(25)27-13-15/h6-9,11-12,14-15H,5,10,13H2,1-4H3;5-6,8-10,12-14H,4,7,11H2,1-3H3;6-10,12-15H,4-5,11H2,1-3H3;5-9,11-14H,3-4,10H2,1-2H3,(H2,25,27). The van der Waals surface area contributed by atoms with Gasteiger partial charge in [-0.05, 0) is 182 Å². The molecule has 0 saturated carbocycles. The van der Waals surface area contributed by atoms with Gasteiger partial charge < -0.3 is 30.1 Å². The van der Waals surface area contributed by atoms with E-state index in [1.807, 2.05) is 132 Å². The van der Waals surface area contributed by atoms with Crippen LogP contribution < -0.4 is 30.1 Å². The van der Waals surface area contributed by atoms with Crippen LogP contribution in [0.2, 0.25) is 20.1 Å². The maximum atomic E-state index is 13.1. The van der Waals surface area contributed by atoms with Crippen LogP contribution in [0.4, 0.5) is 33.0 Å². The number of hydrogen-bond acceptors (Lipinski definition) is 18. The minimum Gasteiger partial charge on any atom is -0.481 e. The lowest BCUT2D eigenvalue weighted by molar-refractivity contribution is -0.118. The van der Waals surface area contributed by atoms with Crippen molar-refractivity contribution in [1.29, 1.82) is 0 Å². The molecule has 4 amide bonds. The average Bonchev–Trinajstić information content (AvgIpc) is 0.827. The van der Waals surface area contributed by atoms with Crippen LogP contribution in [0.1, 0.15) is 160 Å². The fourth-order valence-electron chi connectivity index (χ4n) is 12.8. The molecular weight excluding hydrogens is 1640 g/mol. The number of aromatic nitrogens is 8. The fraction of sp³-hybridized carbons (Fsp3) is 0.250. The molecule has 123 heavy (non-hydrogen) atoms. The predicted octanol–water partition coefficient (Wildman–Crippen LogP) is 20.6. The molecule has 8 aromatic heterocycles. The molecule has 4 aromatic carbocycles. The first-order valence-electron chi connectivity index (χ1n) is 39.9. The summed E-state index contributed by atoms with van der Waals surface area (Å²) < 4.78 is 18.2. The lowest BCUT2D eigenvalue weighted by atomic mass is 10.0. The highest BCUT2D eigenvalue weighted by molar-refractivity contribution is 6.35. The summed E-state index contributed by atoms with van der Waals surface area (Å²) in [6.07, 6.45) is 15.2. The minimum absolute atomic E-state index is 0.000363. The molecule has 0 radical (unpaired) electrons. The number of nitrogen functional groups attached to an aromatic ring is 1. The Hall–Kier alpha value is -12.7. The molecule has 8 heterocycles. The van der Waals surface area contributed by atoms with E-state index in [1.165, 1.54) is 11.0 Å². The smallest absolute Gasteiger partial charge is 0.226 e. The van der Waals surface area contributed by atoms with E-state index >= 15 is 0 Å². The van der Waals surface area contributed by atoms with Crippen molar-refractivity contribution in [2.45, 2.75) is 126 Å². The zero-order chi connectivity index (χ0) is 89.1. The summed E-state index contributed by atoms with van der Waals surface area (Å²) in [7, 11) is 8.38. The van der Waals surface area contributed by atoms with E-state index in [4.69, 9.17) is 56.9 Å². The van der Waals surface area contributed by atoms with E-state index in [-0.39, 0.29) is 53.2 Å². The van der Waals surface area contributed by atoms with Crippen molar-refractivity contribution < 1.29 is 47.5 Å². The number of halogens is 5. The van der Waals surface area contributed by atoms with Gasteiger partial charge in [-0.3, -0.25) is 63.3 Å². The normalized spacial score (nSPS) is 10.7. The molecule has 12 aromatic rings. The molecule has 2 N–H and O–H groups in total. The molecule has 634 valence electrons. The number of carbonyl (C=O) groups excluding carboxylic acids is 8. The van der Waals surface area contributed by atoms with Crippen molar-refractivity contribution >= 4 is 122 Å². The number of carbonyl (C=O) groups is 8. The van der Waals surface area contributed by atoms with Crippen LogP contribution in [0.3, 0.4) is 0 Å². The number of hydrogen-bond donors (Lipinski definition) is 1. The van der Waals surface area contributed by atoms with Crippen LogP contribution in [0.15, 0.2) is 207 Å². The number of nitrogens with two attached hydrogens (primary N) is 1. The van der Waals surface area contributed by atoms with Crippen LogP contribution in [-0.4, -0.2) is 122 Å². The Labute approximate surface area is 736 Å². The summed E-state index contributed by atoms with van der Waals surface area (Å²) in [6, 6.07) is 50.4. The second kappa shape index (κ2) is 45.3. The Morgan fingerprint density at radius 3 is 0.911 bits per heavy atom. The van der Waals surface area contributed by atoms with Gasteiger partial charge in [0.05, 0.1) is 49.9 Å². The maximum absolute atomic E-state index is 13.1. The van der Waals surface area contributed by atoms with Gasteiger partial charge in [-0.1, -0.05) is 147 Å². The zero-order valence-electron chi connectivity index (χ0n) is 70.6. The van der Waals surface area contributed by atoms with Crippen molar-refractivity contribution in [2.75, 3.05) is 60.6 Å². The number of anilines is 5. The summed E-state index contributed by atoms with van der Waals surface area (Å²) >= 11 is 25.6. The van der Waals surface area contributed by atoms with E-state index in [2.05, 4.69) is 39.9 Å². The number of amides is 4. The summed E-state index contributed by atoms with van der Waals surface area (Å²) in [5.74, 6) is 0.268. The van der Waals surface area contributed by atoms with E-state index in [0.29, 0.717) is 154 Å². The van der Waals surface area contributed by atoms with Gasteiger partial charge in [0.15, 0.2) is 23.1 Å². The highest BCUT2D eigenvalue weighted by Crippen LogP contribution is 2.36. The van der Waals surface area contributed by atoms with Gasteiger partial charge in [-0.2, -0.15) is 4.39 Å². The number of rotatable bonds is 29.